The number of benzene rings is 1. The minimum atomic E-state index is -0.00299. The minimum absolute atomic E-state index is 0.00299. The Morgan fingerprint density at radius 3 is 2.78 bits per heavy atom. The van der Waals surface area contributed by atoms with Crippen LogP contribution in [0.1, 0.15) is 12.0 Å². The molecule has 1 amide bonds. The quantitative estimate of drug-likeness (QED) is 0.834. The van der Waals surface area contributed by atoms with Gasteiger partial charge in [-0.05, 0) is 17.7 Å². The third kappa shape index (κ3) is 3.62. The van der Waals surface area contributed by atoms with Crippen LogP contribution < -0.4 is 5.32 Å². The van der Waals surface area contributed by atoms with Gasteiger partial charge in [0.1, 0.15) is 5.75 Å². The summed E-state index contributed by atoms with van der Waals surface area (Å²) in [6, 6.07) is 6.77. The van der Waals surface area contributed by atoms with Crippen LogP contribution in [0.15, 0.2) is 43.0 Å². The molecule has 5 nitrogen and oxygen atoms in total. The molecular formula is C13H15N3O2. The molecule has 2 aromatic rings. The van der Waals surface area contributed by atoms with E-state index in [4.69, 9.17) is 5.11 Å². The molecule has 0 aliphatic rings. The highest BCUT2D eigenvalue weighted by Crippen LogP contribution is 2.09. The van der Waals surface area contributed by atoms with Gasteiger partial charge in [-0.3, -0.25) is 4.79 Å². The molecule has 0 radical (unpaired) electrons. The highest BCUT2D eigenvalue weighted by atomic mass is 16.3. The summed E-state index contributed by atoms with van der Waals surface area (Å²) in [7, 11) is 0. The Bertz CT molecular complexity index is 491. The van der Waals surface area contributed by atoms with Crippen molar-refractivity contribution in [1.29, 1.82) is 0 Å². The number of hydrogen-bond acceptors (Lipinski definition) is 3. The van der Waals surface area contributed by atoms with Crippen LogP contribution in [-0.2, 0) is 17.9 Å². The lowest BCUT2D eigenvalue weighted by molar-refractivity contribution is -0.121. The molecule has 0 saturated heterocycles. The van der Waals surface area contributed by atoms with Crippen molar-refractivity contribution in [3.63, 3.8) is 0 Å². The van der Waals surface area contributed by atoms with Crippen molar-refractivity contribution >= 4 is 5.91 Å². The Morgan fingerprint density at radius 2 is 2.11 bits per heavy atom. The first-order valence-corrected chi connectivity index (χ1v) is 5.74. The van der Waals surface area contributed by atoms with Crippen molar-refractivity contribution in [2.45, 2.75) is 19.5 Å². The number of aryl methyl sites for hydroxylation is 1. The number of amides is 1. The average molecular weight is 245 g/mol. The van der Waals surface area contributed by atoms with Crippen molar-refractivity contribution < 1.29 is 9.90 Å². The van der Waals surface area contributed by atoms with E-state index in [-0.39, 0.29) is 11.7 Å². The molecule has 2 N–H and O–H groups in total. The number of phenols is 1. The van der Waals surface area contributed by atoms with E-state index in [0.717, 1.165) is 5.56 Å². The predicted molar refractivity (Wildman–Crippen MR) is 66.8 cm³/mol. The number of rotatable bonds is 5. The van der Waals surface area contributed by atoms with Gasteiger partial charge in [0.05, 0.1) is 6.33 Å². The molecule has 94 valence electrons. The Kier molecular flexibility index (Phi) is 3.96. The van der Waals surface area contributed by atoms with Gasteiger partial charge in [-0.1, -0.05) is 12.1 Å². The zero-order valence-electron chi connectivity index (χ0n) is 9.91. The van der Waals surface area contributed by atoms with Crippen LogP contribution in [0, 0.1) is 0 Å². The van der Waals surface area contributed by atoms with Gasteiger partial charge in [0.15, 0.2) is 0 Å². The van der Waals surface area contributed by atoms with E-state index < -0.39 is 0 Å². The van der Waals surface area contributed by atoms with Gasteiger partial charge in [-0.2, -0.15) is 0 Å². The van der Waals surface area contributed by atoms with Crippen LogP contribution in [0.3, 0.4) is 0 Å². The summed E-state index contributed by atoms with van der Waals surface area (Å²) in [5, 5.41) is 12.0. The van der Waals surface area contributed by atoms with E-state index >= 15 is 0 Å². The summed E-state index contributed by atoms with van der Waals surface area (Å²) in [4.78, 5) is 15.5. The maximum Gasteiger partial charge on any atom is 0.222 e. The summed E-state index contributed by atoms with van der Waals surface area (Å²) < 4.78 is 1.86. The molecule has 18 heavy (non-hydrogen) atoms. The van der Waals surface area contributed by atoms with Crippen LogP contribution in [0.25, 0.3) is 0 Å². The van der Waals surface area contributed by atoms with Crippen LogP contribution in [-0.4, -0.2) is 20.6 Å². The number of carbonyl (C=O) groups is 1. The number of phenolic OH excluding ortho intramolecular Hbond substituents is 1. The van der Waals surface area contributed by atoms with Gasteiger partial charge in [-0.25, -0.2) is 4.98 Å². The van der Waals surface area contributed by atoms with E-state index in [0.29, 0.717) is 19.5 Å². The Balaban J connectivity index is 1.73. The minimum Gasteiger partial charge on any atom is -0.508 e. The second kappa shape index (κ2) is 5.86. The first-order chi connectivity index (χ1) is 8.74. The van der Waals surface area contributed by atoms with Gasteiger partial charge in [0.25, 0.3) is 0 Å². The fraction of sp³-hybridized carbons (Fsp3) is 0.231. The Hall–Kier alpha value is -2.30. The third-order valence-corrected chi connectivity index (χ3v) is 2.58. The molecular weight excluding hydrogens is 230 g/mol. The second-order valence-corrected chi connectivity index (χ2v) is 3.99. The van der Waals surface area contributed by atoms with Crippen molar-refractivity contribution in [3.8, 4) is 5.75 Å². The lowest BCUT2D eigenvalue weighted by Crippen LogP contribution is -2.23. The zero-order valence-corrected chi connectivity index (χ0v) is 9.91. The van der Waals surface area contributed by atoms with E-state index in [2.05, 4.69) is 10.3 Å². The van der Waals surface area contributed by atoms with Crippen molar-refractivity contribution in [2.24, 2.45) is 0 Å². The van der Waals surface area contributed by atoms with Gasteiger partial charge >= 0.3 is 0 Å². The number of imidazole rings is 1. The number of hydrogen-bond donors (Lipinski definition) is 2. The number of nitrogens with zero attached hydrogens (tertiary/aromatic N) is 2. The number of aromatic nitrogens is 2. The fourth-order valence-electron chi connectivity index (χ4n) is 1.55. The van der Waals surface area contributed by atoms with E-state index in [1.54, 1.807) is 36.8 Å². The molecule has 0 aliphatic carbocycles. The van der Waals surface area contributed by atoms with Crippen LogP contribution >= 0.6 is 0 Å². The van der Waals surface area contributed by atoms with Gasteiger partial charge in [0.2, 0.25) is 5.91 Å². The molecule has 1 heterocycles. The van der Waals surface area contributed by atoms with Crippen LogP contribution in [0.2, 0.25) is 0 Å². The molecule has 0 aliphatic heterocycles. The highest BCUT2D eigenvalue weighted by molar-refractivity contribution is 5.75. The molecule has 1 aromatic carbocycles. The van der Waals surface area contributed by atoms with E-state index in [1.807, 2.05) is 10.8 Å². The molecule has 1 aromatic heterocycles. The third-order valence-electron chi connectivity index (χ3n) is 2.58. The van der Waals surface area contributed by atoms with Crippen LogP contribution in [0.5, 0.6) is 5.75 Å². The average Bonchev–Trinajstić information content (AvgIpc) is 2.89. The first kappa shape index (κ1) is 12.2. The molecule has 5 heteroatoms. The molecule has 2 rings (SSSR count). The van der Waals surface area contributed by atoms with Crippen molar-refractivity contribution in [2.75, 3.05) is 0 Å². The second-order valence-electron chi connectivity index (χ2n) is 3.99. The summed E-state index contributed by atoms with van der Waals surface area (Å²) in [5.41, 5.74) is 0.962. The van der Waals surface area contributed by atoms with Gasteiger partial charge < -0.3 is 15.0 Å². The van der Waals surface area contributed by atoms with E-state index in [9.17, 15) is 4.79 Å². The molecule has 0 saturated carbocycles. The molecule has 0 spiro atoms. The largest absolute Gasteiger partial charge is 0.508 e. The maximum absolute atomic E-state index is 11.6. The molecule has 0 unspecified atom stereocenters. The Labute approximate surface area is 105 Å². The molecule has 0 atom stereocenters. The van der Waals surface area contributed by atoms with Crippen molar-refractivity contribution in [3.05, 3.63) is 48.5 Å². The molecule has 0 bridgehead atoms. The fourth-order valence-corrected chi connectivity index (χ4v) is 1.55. The summed E-state index contributed by atoms with van der Waals surface area (Å²) in [6.45, 7) is 1.10. The SMILES string of the molecule is O=C(CCn1ccnc1)NCc1ccc(O)cc1. The van der Waals surface area contributed by atoms with Gasteiger partial charge in [-0.15, -0.1) is 0 Å². The maximum atomic E-state index is 11.6. The van der Waals surface area contributed by atoms with E-state index in [1.165, 1.54) is 0 Å². The first-order valence-electron chi connectivity index (χ1n) is 5.74. The smallest absolute Gasteiger partial charge is 0.222 e. The van der Waals surface area contributed by atoms with Gasteiger partial charge in [0, 0.05) is 31.9 Å². The zero-order chi connectivity index (χ0) is 12.8. The monoisotopic (exact) mass is 245 g/mol. The predicted octanol–water partition coefficient (Wildman–Crippen LogP) is 1.30. The molecule has 0 fully saturated rings. The van der Waals surface area contributed by atoms with Crippen LogP contribution in [0.4, 0.5) is 0 Å². The summed E-state index contributed by atoms with van der Waals surface area (Å²) in [6.07, 6.45) is 5.63. The highest BCUT2D eigenvalue weighted by Gasteiger charge is 2.01. The standard InChI is InChI=1S/C13H15N3O2/c17-12-3-1-11(2-4-12)9-15-13(18)5-7-16-8-6-14-10-16/h1-4,6,8,10,17H,5,7,9H2,(H,15,18). The lowest BCUT2D eigenvalue weighted by atomic mass is 10.2. The number of carbonyl (C=O) groups excluding carboxylic acids is 1. The normalized spacial score (nSPS) is 10.2. The topological polar surface area (TPSA) is 67.2 Å². The van der Waals surface area contributed by atoms with Crippen molar-refractivity contribution in [1.82, 2.24) is 14.9 Å². The summed E-state index contributed by atoms with van der Waals surface area (Å²) >= 11 is 0. The summed E-state index contributed by atoms with van der Waals surface area (Å²) in [5.74, 6) is 0.224. The number of aromatic hydroxyl groups is 1. The number of nitrogens with one attached hydrogen (secondary N) is 1. The Morgan fingerprint density at radius 1 is 1.33 bits per heavy atom. The lowest BCUT2D eigenvalue weighted by Gasteiger charge is -2.06.